The molecule has 1 aromatic carbocycles. The molecule has 0 fully saturated rings. The van der Waals surface area contributed by atoms with E-state index in [4.69, 9.17) is 23.2 Å². The third kappa shape index (κ3) is 3.72. The van der Waals surface area contributed by atoms with E-state index < -0.39 is 15.8 Å². The van der Waals surface area contributed by atoms with Gasteiger partial charge in [-0.25, -0.2) is 8.42 Å². The van der Waals surface area contributed by atoms with Crippen molar-refractivity contribution < 1.29 is 13.5 Å². The summed E-state index contributed by atoms with van der Waals surface area (Å²) in [5, 5.41) is 16.8. The van der Waals surface area contributed by atoms with Crippen molar-refractivity contribution in [1.29, 1.82) is 0 Å². The zero-order valence-corrected chi connectivity index (χ0v) is 12.2. The molecule has 0 saturated heterocycles. The first-order valence-corrected chi connectivity index (χ1v) is 7.74. The molecule has 0 aliphatic rings. The molecule has 2 rings (SSSR count). The Bertz CT molecular complexity index is 737. The molecule has 20 heavy (non-hydrogen) atoms. The molecular weight excluding hydrogens is 325 g/mol. The molecule has 0 bridgehead atoms. The Balaban J connectivity index is 2.22. The van der Waals surface area contributed by atoms with E-state index in [2.05, 4.69) is 14.9 Å². The van der Waals surface area contributed by atoms with Gasteiger partial charge in [0.15, 0.2) is 10.9 Å². The monoisotopic (exact) mass is 333 g/mol. The first-order chi connectivity index (χ1) is 9.37. The van der Waals surface area contributed by atoms with Crippen LogP contribution in [-0.4, -0.2) is 23.7 Å². The summed E-state index contributed by atoms with van der Waals surface area (Å²) in [4.78, 5) is 0. The fraction of sp³-hybridized carbons (Fsp3) is 0.0909. The lowest BCUT2D eigenvalue weighted by molar-refractivity contribution is 0.473. The third-order valence-corrected chi connectivity index (χ3v) is 4.05. The van der Waals surface area contributed by atoms with Crippen molar-refractivity contribution in [2.75, 3.05) is 4.72 Å². The molecule has 0 spiro atoms. The lowest BCUT2D eigenvalue weighted by atomic mass is 10.2. The topological polar surface area (TPSA) is 92.2 Å². The van der Waals surface area contributed by atoms with E-state index in [1.54, 1.807) is 24.3 Å². The molecule has 0 radical (unpaired) electrons. The van der Waals surface area contributed by atoms with Crippen molar-refractivity contribution in [3.8, 4) is 5.75 Å². The van der Waals surface area contributed by atoms with Crippen LogP contribution in [0.2, 0.25) is 10.2 Å². The van der Waals surface area contributed by atoms with Crippen molar-refractivity contribution in [3.63, 3.8) is 0 Å². The summed E-state index contributed by atoms with van der Waals surface area (Å²) in [6.07, 6.45) is 0. The van der Waals surface area contributed by atoms with Gasteiger partial charge in [0.05, 0.1) is 5.75 Å². The number of anilines is 1. The summed E-state index contributed by atoms with van der Waals surface area (Å²) in [7, 11) is -3.79. The molecule has 1 aromatic heterocycles. The number of sulfonamides is 1. The fourth-order valence-corrected chi connectivity index (χ4v) is 3.03. The van der Waals surface area contributed by atoms with Crippen molar-refractivity contribution >= 4 is 39.0 Å². The number of aromatic hydroxyl groups is 1. The van der Waals surface area contributed by atoms with E-state index in [9.17, 15) is 13.5 Å². The van der Waals surface area contributed by atoms with E-state index in [0.717, 1.165) is 6.07 Å². The van der Waals surface area contributed by atoms with Crippen molar-refractivity contribution in [1.82, 2.24) is 10.2 Å². The average Bonchev–Trinajstić information content (AvgIpc) is 2.35. The van der Waals surface area contributed by atoms with Crippen LogP contribution in [0.4, 0.5) is 5.82 Å². The predicted octanol–water partition coefficient (Wildman–Crippen LogP) is 2.43. The number of rotatable bonds is 4. The molecule has 1 heterocycles. The lowest BCUT2D eigenvalue weighted by Crippen LogP contribution is -2.16. The molecule has 0 aliphatic carbocycles. The standard InChI is InChI=1S/C11H9Cl2N3O3S/c12-8-4-2-1-3-7(8)6-20(18,19)16-11-9(17)5-10(13)14-15-11/h1-5H,6H2,(H,14,17)(H,15,16). The van der Waals surface area contributed by atoms with Crippen LogP contribution in [0.1, 0.15) is 5.56 Å². The van der Waals surface area contributed by atoms with Gasteiger partial charge in [0.2, 0.25) is 15.8 Å². The van der Waals surface area contributed by atoms with Crippen LogP contribution in [0.3, 0.4) is 0 Å². The van der Waals surface area contributed by atoms with Crippen LogP contribution in [-0.2, 0) is 15.8 Å². The van der Waals surface area contributed by atoms with Crippen LogP contribution in [0, 0.1) is 0 Å². The maximum Gasteiger partial charge on any atom is 0.238 e. The Hall–Kier alpha value is -1.57. The SMILES string of the molecule is O=S(=O)(Cc1ccccc1Cl)Nc1nnc(Cl)cc1O. The molecule has 0 unspecified atom stereocenters. The van der Waals surface area contributed by atoms with Crippen LogP contribution in [0.25, 0.3) is 0 Å². The molecule has 0 atom stereocenters. The Morgan fingerprint density at radius 2 is 1.90 bits per heavy atom. The van der Waals surface area contributed by atoms with E-state index in [0.29, 0.717) is 10.6 Å². The van der Waals surface area contributed by atoms with Gasteiger partial charge in [-0.3, -0.25) is 4.72 Å². The van der Waals surface area contributed by atoms with Gasteiger partial charge in [0.1, 0.15) is 0 Å². The first kappa shape index (κ1) is 14.8. The van der Waals surface area contributed by atoms with Gasteiger partial charge in [-0.2, -0.15) is 0 Å². The summed E-state index contributed by atoms with van der Waals surface area (Å²) >= 11 is 11.4. The van der Waals surface area contributed by atoms with Gasteiger partial charge in [0.25, 0.3) is 0 Å². The molecule has 106 valence electrons. The minimum atomic E-state index is -3.79. The number of aromatic nitrogens is 2. The molecule has 2 aromatic rings. The number of halogens is 2. The highest BCUT2D eigenvalue weighted by molar-refractivity contribution is 7.91. The zero-order valence-electron chi connectivity index (χ0n) is 9.92. The van der Waals surface area contributed by atoms with Crippen molar-refractivity contribution in [2.45, 2.75) is 5.75 Å². The second-order valence-electron chi connectivity index (χ2n) is 3.85. The zero-order chi connectivity index (χ0) is 14.8. The summed E-state index contributed by atoms with van der Waals surface area (Å²) in [6.45, 7) is 0. The van der Waals surface area contributed by atoms with E-state index in [-0.39, 0.29) is 16.7 Å². The normalized spacial score (nSPS) is 11.3. The fourth-order valence-electron chi connectivity index (χ4n) is 1.44. The molecule has 2 N–H and O–H groups in total. The Labute approximate surface area is 125 Å². The summed E-state index contributed by atoms with van der Waals surface area (Å²) in [5.74, 6) is -1.05. The third-order valence-electron chi connectivity index (χ3n) is 2.30. The van der Waals surface area contributed by atoms with Gasteiger partial charge >= 0.3 is 0 Å². The molecule has 0 saturated carbocycles. The smallest absolute Gasteiger partial charge is 0.238 e. The quantitative estimate of drug-likeness (QED) is 0.896. The predicted molar refractivity (Wildman–Crippen MR) is 76.4 cm³/mol. The second kappa shape index (κ2) is 5.82. The van der Waals surface area contributed by atoms with E-state index in [1.165, 1.54) is 0 Å². The number of hydrogen-bond donors (Lipinski definition) is 2. The number of nitrogens with one attached hydrogen (secondary N) is 1. The van der Waals surface area contributed by atoms with E-state index >= 15 is 0 Å². The summed E-state index contributed by atoms with van der Waals surface area (Å²) in [6, 6.07) is 7.64. The van der Waals surface area contributed by atoms with Gasteiger partial charge in [-0.1, -0.05) is 41.4 Å². The lowest BCUT2D eigenvalue weighted by Gasteiger charge is -2.09. The van der Waals surface area contributed by atoms with Crippen LogP contribution in [0.15, 0.2) is 30.3 Å². The largest absolute Gasteiger partial charge is 0.504 e. The maximum absolute atomic E-state index is 12.0. The first-order valence-electron chi connectivity index (χ1n) is 5.33. The summed E-state index contributed by atoms with van der Waals surface area (Å²) < 4.78 is 26.1. The highest BCUT2D eigenvalue weighted by Gasteiger charge is 2.17. The highest BCUT2D eigenvalue weighted by Crippen LogP contribution is 2.24. The number of benzene rings is 1. The van der Waals surface area contributed by atoms with Gasteiger partial charge in [-0.15, -0.1) is 10.2 Å². The number of nitrogens with zero attached hydrogens (tertiary/aromatic N) is 2. The summed E-state index contributed by atoms with van der Waals surface area (Å²) in [5.41, 5.74) is 0.433. The molecular formula is C11H9Cl2N3O3S. The number of hydrogen-bond acceptors (Lipinski definition) is 5. The molecule has 6 nitrogen and oxygen atoms in total. The van der Waals surface area contributed by atoms with Gasteiger partial charge < -0.3 is 5.11 Å². The van der Waals surface area contributed by atoms with Crippen molar-refractivity contribution in [3.05, 3.63) is 46.1 Å². The van der Waals surface area contributed by atoms with Crippen molar-refractivity contribution in [2.24, 2.45) is 0 Å². The second-order valence-corrected chi connectivity index (χ2v) is 6.37. The molecule has 0 aliphatic heterocycles. The van der Waals surface area contributed by atoms with Crippen LogP contribution < -0.4 is 4.72 Å². The van der Waals surface area contributed by atoms with E-state index in [1.807, 2.05) is 0 Å². The Kier molecular flexibility index (Phi) is 4.32. The van der Waals surface area contributed by atoms with Crippen LogP contribution in [0.5, 0.6) is 5.75 Å². The maximum atomic E-state index is 12.0. The minimum Gasteiger partial charge on any atom is -0.504 e. The average molecular weight is 334 g/mol. The van der Waals surface area contributed by atoms with Crippen LogP contribution >= 0.6 is 23.2 Å². The highest BCUT2D eigenvalue weighted by atomic mass is 35.5. The Morgan fingerprint density at radius 3 is 2.55 bits per heavy atom. The Morgan fingerprint density at radius 1 is 1.20 bits per heavy atom. The van der Waals surface area contributed by atoms with Gasteiger partial charge in [-0.05, 0) is 11.6 Å². The van der Waals surface area contributed by atoms with Gasteiger partial charge in [0, 0.05) is 11.1 Å². The molecule has 9 heteroatoms. The molecule has 0 amide bonds. The minimum absolute atomic E-state index is 0.0449.